The number of rotatable bonds is 7. The first-order valence-corrected chi connectivity index (χ1v) is 10.5. The Morgan fingerprint density at radius 2 is 1.97 bits per heavy atom. The Hall–Kier alpha value is -2.98. The zero-order chi connectivity index (χ0) is 21.9. The largest absolute Gasteiger partial charge is 0.433 e. The predicted molar refractivity (Wildman–Crippen MR) is 109 cm³/mol. The van der Waals surface area contributed by atoms with Gasteiger partial charge in [0.15, 0.2) is 0 Å². The van der Waals surface area contributed by atoms with Gasteiger partial charge in [0.25, 0.3) is 15.6 Å². The van der Waals surface area contributed by atoms with Crippen molar-refractivity contribution in [2.75, 3.05) is 4.72 Å². The van der Waals surface area contributed by atoms with Gasteiger partial charge in [-0.15, -0.1) is 0 Å². The van der Waals surface area contributed by atoms with E-state index in [1.807, 2.05) is 6.92 Å². The van der Waals surface area contributed by atoms with E-state index in [1.165, 1.54) is 18.2 Å². The van der Waals surface area contributed by atoms with Crippen LogP contribution in [0.5, 0.6) is 5.75 Å². The fourth-order valence-electron chi connectivity index (χ4n) is 2.61. The molecule has 30 heavy (non-hydrogen) atoms. The second kappa shape index (κ2) is 8.80. The summed E-state index contributed by atoms with van der Waals surface area (Å²) in [5, 5.41) is -0.273. The third-order valence-corrected chi connectivity index (χ3v) is 5.65. The molecule has 0 spiro atoms. The van der Waals surface area contributed by atoms with Crippen molar-refractivity contribution >= 4 is 27.3 Å². The Balaban J connectivity index is 1.89. The van der Waals surface area contributed by atoms with Crippen LogP contribution >= 0.6 is 11.6 Å². The summed E-state index contributed by atoms with van der Waals surface area (Å²) in [6.07, 6.45) is 0.565. The van der Waals surface area contributed by atoms with Crippen LogP contribution in [-0.2, 0) is 16.4 Å². The third kappa shape index (κ3) is 5.14. The first kappa shape index (κ1) is 21.7. The highest BCUT2D eigenvalue weighted by molar-refractivity contribution is 7.92. The number of nitrogens with zero attached hydrogens (tertiary/aromatic N) is 1. The molecular weight excluding hydrogens is 440 g/mol. The molecule has 0 saturated heterocycles. The van der Waals surface area contributed by atoms with Crippen molar-refractivity contribution in [3.63, 3.8) is 0 Å². The molecule has 0 fully saturated rings. The molecule has 0 amide bonds. The molecule has 158 valence electrons. The van der Waals surface area contributed by atoms with Crippen molar-refractivity contribution in [3.05, 3.63) is 69.6 Å². The molecule has 3 aromatic rings. The average molecular weight is 456 g/mol. The summed E-state index contributed by atoms with van der Waals surface area (Å²) < 4.78 is 56.6. The van der Waals surface area contributed by atoms with Crippen LogP contribution in [0.2, 0.25) is 5.02 Å². The van der Waals surface area contributed by atoms with E-state index in [2.05, 4.69) is 19.4 Å². The monoisotopic (exact) mass is 455 g/mol. The van der Waals surface area contributed by atoms with Crippen molar-refractivity contribution in [1.82, 2.24) is 9.97 Å². The van der Waals surface area contributed by atoms with Crippen molar-refractivity contribution in [2.45, 2.75) is 24.9 Å². The molecule has 0 unspecified atom stereocenters. The fraction of sp³-hybridized carbons (Fsp3) is 0.158. The lowest BCUT2D eigenvalue weighted by molar-refractivity contribution is -0.0498. The molecule has 0 aliphatic rings. The van der Waals surface area contributed by atoms with E-state index in [0.29, 0.717) is 23.5 Å². The summed E-state index contributed by atoms with van der Waals surface area (Å²) in [5.41, 5.74) is 0.992. The van der Waals surface area contributed by atoms with E-state index >= 15 is 0 Å². The molecule has 0 bridgehead atoms. The maximum atomic E-state index is 12.7. The van der Waals surface area contributed by atoms with E-state index in [4.69, 9.17) is 11.6 Å². The Labute approximate surface area is 175 Å². The number of halogens is 3. The van der Waals surface area contributed by atoms with Crippen molar-refractivity contribution in [2.24, 2.45) is 0 Å². The van der Waals surface area contributed by atoms with Gasteiger partial charge in [-0.05, 0) is 36.8 Å². The second-order valence-electron chi connectivity index (χ2n) is 6.10. The molecule has 0 atom stereocenters. The predicted octanol–water partition coefficient (Wildman–Crippen LogP) is 4.05. The molecule has 3 rings (SSSR count). The number of aromatic amines is 1. The zero-order valence-electron chi connectivity index (χ0n) is 15.5. The van der Waals surface area contributed by atoms with E-state index < -0.39 is 16.6 Å². The van der Waals surface area contributed by atoms with Crippen LogP contribution < -0.4 is 15.0 Å². The van der Waals surface area contributed by atoms with Crippen molar-refractivity contribution in [1.29, 1.82) is 0 Å². The molecule has 0 aliphatic heterocycles. The summed E-state index contributed by atoms with van der Waals surface area (Å²) in [5.74, 6) is -0.0320. The summed E-state index contributed by atoms with van der Waals surface area (Å²) >= 11 is 5.84. The first-order valence-electron chi connectivity index (χ1n) is 8.66. The van der Waals surface area contributed by atoms with Crippen molar-refractivity contribution < 1.29 is 21.9 Å². The number of hydrogen-bond donors (Lipinski definition) is 2. The number of sulfonamides is 1. The Bertz CT molecular complexity index is 1230. The minimum absolute atomic E-state index is 0.209. The molecule has 0 radical (unpaired) electrons. The maximum Gasteiger partial charge on any atom is 0.387 e. The number of aromatic nitrogens is 2. The van der Waals surface area contributed by atoms with Gasteiger partial charge in [-0.3, -0.25) is 9.52 Å². The topological polar surface area (TPSA) is 101 Å². The van der Waals surface area contributed by atoms with Crippen LogP contribution in [0.15, 0.2) is 58.2 Å². The third-order valence-electron chi connectivity index (χ3n) is 3.97. The van der Waals surface area contributed by atoms with Crippen molar-refractivity contribution in [3.8, 4) is 17.1 Å². The number of hydrogen-bond acceptors (Lipinski definition) is 5. The lowest BCUT2D eigenvalue weighted by Crippen LogP contribution is -2.13. The highest BCUT2D eigenvalue weighted by atomic mass is 35.5. The van der Waals surface area contributed by atoms with Gasteiger partial charge < -0.3 is 9.72 Å². The van der Waals surface area contributed by atoms with Crippen LogP contribution in [0.3, 0.4) is 0 Å². The van der Waals surface area contributed by atoms with Gasteiger partial charge in [0.05, 0.1) is 9.92 Å². The number of anilines is 1. The van der Waals surface area contributed by atoms with Crippen LogP contribution in [0, 0.1) is 0 Å². The smallest absolute Gasteiger partial charge is 0.387 e. The van der Waals surface area contributed by atoms with Gasteiger partial charge in [-0.1, -0.05) is 30.7 Å². The Morgan fingerprint density at radius 1 is 1.20 bits per heavy atom. The molecule has 2 aromatic carbocycles. The number of aryl methyl sites for hydroxylation is 1. The van der Waals surface area contributed by atoms with E-state index in [-0.39, 0.29) is 26.9 Å². The van der Waals surface area contributed by atoms with Gasteiger partial charge in [-0.25, -0.2) is 13.4 Å². The number of ether oxygens (including phenoxy) is 1. The molecule has 1 aromatic heterocycles. The van der Waals surface area contributed by atoms with Crippen LogP contribution in [0.25, 0.3) is 11.4 Å². The van der Waals surface area contributed by atoms with Gasteiger partial charge in [0, 0.05) is 23.0 Å². The second-order valence-corrected chi connectivity index (χ2v) is 8.19. The van der Waals surface area contributed by atoms with Crippen LogP contribution in [0.4, 0.5) is 14.5 Å². The Morgan fingerprint density at radius 3 is 2.63 bits per heavy atom. The molecule has 2 N–H and O–H groups in total. The lowest BCUT2D eigenvalue weighted by Gasteiger charge is -2.12. The minimum atomic E-state index is -4.07. The fourth-order valence-corrected chi connectivity index (χ4v) is 3.98. The first-order chi connectivity index (χ1) is 14.2. The quantitative estimate of drug-likeness (QED) is 0.559. The van der Waals surface area contributed by atoms with Crippen LogP contribution in [0.1, 0.15) is 12.6 Å². The summed E-state index contributed by atoms with van der Waals surface area (Å²) in [7, 11) is -4.07. The standard InChI is InChI=1S/C19H16ClF2N3O4S/c1-2-12-9-17(26)24-18(23-12)11-4-3-5-13(8-11)25-30(27,28)14-6-7-16(15(20)10-14)29-19(21)22/h3-10,19,25H,2H2,1H3,(H,23,24,26). The van der Waals surface area contributed by atoms with E-state index in [9.17, 15) is 22.0 Å². The zero-order valence-corrected chi connectivity index (χ0v) is 17.1. The number of alkyl halides is 2. The highest BCUT2D eigenvalue weighted by Gasteiger charge is 2.18. The maximum absolute atomic E-state index is 12.7. The molecule has 0 aliphatic carbocycles. The van der Waals surface area contributed by atoms with Gasteiger partial charge in [0.2, 0.25) is 0 Å². The van der Waals surface area contributed by atoms with Gasteiger partial charge in [-0.2, -0.15) is 8.78 Å². The number of nitrogens with one attached hydrogen (secondary N) is 2. The average Bonchev–Trinajstić information content (AvgIpc) is 2.68. The molecule has 0 saturated carbocycles. The SMILES string of the molecule is CCc1cc(=O)[nH]c(-c2cccc(NS(=O)(=O)c3ccc(OC(F)F)c(Cl)c3)c2)n1. The number of H-pyrrole nitrogens is 1. The molecule has 11 heteroatoms. The van der Waals surface area contributed by atoms with Gasteiger partial charge in [0.1, 0.15) is 11.6 Å². The Kier molecular flexibility index (Phi) is 6.37. The minimum Gasteiger partial charge on any atom is -0.433 e. The summed E-state index contributed by atoms with van der Waals surface area (Å²) in [6, 6.07) is 10.8. The van der Waals surface area contributed by atoms with Crippen LogP contribution in [-0.4, -0.2) is 25.0 Å². The summed E-state index contributed by atoms with van der Waals surface area (Å²) in [6.45, 7) is -1.23. The number of benzene rings is 2. The molecule has 1 heterocycles. The van der Waals surface area contributed by atoms with E-state index in [1.54, 1.807) is 12.1 Å². The highest BCUT2D eigenvalue weighted by Crippen LogP contribution is 2.30. The van der Waals surface area contributed by atoms with E-state index in [0.717, 1.165) is 18.2 Å². The molecular formula is C19H16ClF2N3O4S. The lowest BCUT2D eigenvalue weighted by atomic mass is 10.2. The summed E-state index contributed by atoms with van der Waals surface area (Å²) in [4.78, 5) is 18.5. The van der Waals surface area contributed by atoms with Gasteiger partial charge >= 0.3 is 6.61 Å². The normalized spacial score (nSPS) is 11.5. The molecule has 7 nitrogen and oxygen atoms in total.